The summed E-state index contributed by atoms with van der Waals surface area (Å²) in [5.41, 5.74) is 0. The first-order chi connectivity index (χ1) is 37.0. The number of carbonyl (C=O) groups is 3. The Labute approximate surface area is 466 Å². The zero-order valence-electron chi connectivity index (χ0n) is 50.1. The van der Waals surface area contributed by atoms with Crippen LogP contribution in [-0.2, 0) is 28.6 Å². The van der Waals surface area contributed by atoms with Crippen LogP contribution < -0.4 is 0 Å². The average Bonchev–Trinajstić information content (AvgIpc) is 3.41. The highest BCUT2D eigenvalue weighted by Gasteiger charge is 2.19. The fraction of sp³-hybridized carbons (Fsp3) is 0.812. The number of ether oxygens (including phenoxy) is 3. The normalized spacial score (nSPS) is 12.4. The van der Waals surface area contributed by atoms with Crippen LogP contribution in [0.4, 0.5) is 0 Å². The third-order valence-corrected chi connectivity index (χ3v) is 14.5. The van der Waals surface area contributed by atoms with E-state index in [0.717, 1.165) is 77.0 Å². The third-order valence-electron chi connectivity index (χ3n) is 14.5. The Morgan fingerprint density at radius 3 is 0.893 bits per heavy atom. The second-order valence-electron chi connectivity index (χ2n) is 22.0. The van der Waals surface area contributed by atoms with Crippen LogP contribution in [0.2, 0.25) is 0 Å². The molecular formula is C69H124O6. The van der Waals surface area contributed by atoms with Crippen molar-refractivity contribution in [3.63, 3.8) is 0 Å². The number of hydrogen-bond donors (Lipinski definition) is 0. The van der Waals surface area contributed by atoms with Crippen LogP contribution in [0.15, 0.2) is 60.8 Å². The average molecular weight is 1050 g/mol. The van der Waals surface area contributed by atoms with E-state index in [9.17, 15) is 14.4 Å². The van der Waals surface area contributed by atoms with Crippen molar-refractivity contribution in [2.24, 2.45) is 0 Å². The standard InChI is InChI=1S/C69H124O6/c1-4-7-10-13-16-19-22-25-27-29-30-31-32-33-34-35-36-37-38-39-40-42-44-47-50-53-56-59-62-68(71)74-65-66(64-73-67(70)61-58-55-52-49-46-43-24-21-18-15-12-9-6-3)75-69(72)63-60-57-54-51-48-45-41-28-26-23-20-17-14-11-8-5-2/h9,12,18,21,28,41,43,46,52,55,66H,4-8,10-11,13-17,19-20,22-27,29-40,42,44-45,47-51,53-54,56-65H2,1-3H3/b12-9-,21-18-,41-28-,46-43-,55-52-. The number of carbonyl (C=O) groups excluding carboxylic acids is 3. The number of allylic oxidation sites excluding steroid dienone is 10. The molecule has 0 fully saturated rings. The van der Waals surface area contributed by atoms with Crippen LogP contribution in [0.5, 0.6) is 0 Å². The van der Waals surface area contributed by atoms with Crippen LogP contribution >= 0.6 is 0 Å². The minimum atomic E-state index is -0.806. The quantitative estimate of drug-likeness (QED) is 0.0261. The summed E-state index contributed by atoms with van der Waals surface area (Å²) in [6.45, 7) is 6.50. The number of rotatable bonds is 60. The lowest BCUT2D eigenvalue weighted by molar-refractivity contribution is -0.166. The van der Waals surface area contributed by atoms with Gasteiger partial charge in [0, 0.05) is 19.3 Å². The van der Waals surface area contributed by atoms with Crippen molar-refractivity contribution in [1.29, 1.82) is 0 Å². The summed E-state index contributed by atoms with van der Waals surface area (Å²) < 4.78 is 16.8. The maximum absolute atomic E-state index is 12.9. The molecule has 0 bridgehead atoms. The fourth-order valence-electron chi connectivity index (χ4n) is 9.63. The highest BCUT2D eigenvalue weighted by molar-refractivity contribution is 5.71. The molecule has 0 saturated heterocycles. The summed E-state index contributed by atoms with van der Waals surface area (Å²) in [5.74, 6) is -0.974. The fourth-order valence-corrected chi connectivity index (χ4v) is 9.63. The predicted octanol–water partition coefficient (Wildman–Crippen LogP) is 22.3. The molecule has 0 spiro atoms. The van der Waals surface area contributed by atoms with Crippen molar-refractivity contribution in [2.45, 2.75) is 348 Å². The van der Waals surface area contributed by atoms with Crippen LogP contribution in [-0.4, -0.2) is 37.2 Å². The van der Waals surface area contributed by atoms with Crippen LogP contribution in [0.25, 0.3) is 0 Å². The molecule has 0 rings (SSSR count). The van der Waals surface area contributed by atoms with Gasteiger partial charge in [-0.2, -0.15) is 0 Å². The van der Waals surface area contributed by atoms with Crippen LogP contribution in [0.3, 0.4) is 0 Å². The molecule has 436 valence electrons. The summed E-state index contributed by atoms with van der Waals surface area (Å²) in [6.07, 6.45) is 81.3. The Bertz CT molecular complexity index is 1340. The maximum Gasteiger partial charge on any atom is 0.306 e. The summed E-state index contributed by atoms with van der Waals surface area (Å²) in [6, 6.07) is 0. The van der Waals surface area contributed by atoms with Crippen molar-refractivity contribution >= 4 is 17.9 Å². The Morgan fingerprint density at radius 2 is 0.547 bits per heavy atom. The molecule has 6 heteroatoms. The largest absolute Gasteiger partial charge is 0.462 e. The van der Waals surface area contributed by atoms with Crippen LogP contribution in [0.1, 0.15) is 342 Å². The lowest BCUT2D eigenvalue weighted by atomic mass is 10.0. The summed E-state index contributed by atoms with van der Waals surface area (Å²) >= 11 is 0. The highest BCUT2D eigenvalue weighted by Crippen LogP contribution is 2.18. The first-order valence-electron chi connectivity index (χ1n) is 32.8. The van der Waals surface area contributed by atoms with Gasteiger partial charge in [-0.05, 0) is 70.6 Å². The Balaban J connectivity index is 4.22. The molecule has 0 N–H and O–H groups in total. The zero-order chi connectivity index (χ0) is 54.3. The van der Waals surface area contributed by atoms with Crippen molar-refractivity contribution in [2.75, 3.05) is 13.2 Å². The van der Waals surface area contributed by atoms with E-state index < -0.39 is 6.10 Å². The molecule has 0 aromatic heterocycles. The van der Waals surface area contributed by atoms with E-state index in [2.05, 4.69) is 75.5 Å². The SMILES string of the molecule is CC/C=C\C/C=C\C/C=C\C/C=C\CCC(=O)OCC(COC(=O)CCCCCCCCCCCCCCCCCCCCCCCCCCCCCC)OC(=O)CCCCCCC/C=C\CCCCCCCCC. The molecule has 0 aromatic rings. The second-order valence-corrected chi connectivity index (χ2v) is 22.0. The zero-order valence-corrected chi connectivity index (χ0v) is 50.1. The molecule has 0 aliphatic carbocycles. The molecule has 0 aliphatic heterocycles. The Hall–Kier alpha value is -2.89. The molecule has 0 radical (unpaired) electrons. The highest BCUT2D eigenvalue weighted by atomic mass is 16.6. The number of hydrogen-bond acceptors (Lipinski definition) is 6. The summed E-state index contributed by atoms with van der Waals surface area (Å²) in [4.78, 5) is 38.2. The minimum absolute atomic E-state index is 0.0965. The summed E-state index contributed by atoms with van der Waals surface area (Å²) in [7, 11) is 0. The molecule has 0 heterocycles. The van der Waals surface area contributed by atoms with Gasteiger partial charge in [-0.3, -0.25) is 14.4 Å². The molecule has 1 atom stereocenters. The molecule has 6 nitrogen and oxygen atoms in total. The van der Waals surface area contributed by atoms with Gasteiger partial charge in [0.05, 0.1) is 0 Å². The van der Waals surface area contributed by atoms with E-state index >= 15 is 0 Å². The Morgan fingerprint density at radius 1 is 0.280 bits per heavy atom. The van der Waals surface area contributed by atoms with Crippen molar-refractivity contribution in [3.05, 3.63) is 60.8 Å². The molecule has 75 heavy (non-hydrogen) atoms. The lowest BCUT2D eigenvalue weighted by Gasteiger charge is -2.18. The number of esters is 3. The third kappa shape index (κ3) is 61.8. The Kier molecular flexibility index (Phi) is 61.2. The summed E-state index contributed by atoms with van der Waals surface area (Å²) in [5, 5.41) is 0. The molecule has 0 aromatic carbocycles. The molecule has 0 saturated carbocycles. The first kappa shape index (κ1) is 72.1. The topological polar surface area (TPSA) is 78.9 Å². The van der Waals surface area contributed by atoms with E-state index in [4.69, 9.17) is 14.2 Å². The van der Waals surface area contributed by atoms with Gasteiger partial charge in [0.2, 0.25) is 0 Å². The van der Waals surface area contributed by atoms with Crippen LogP contribution in [0, 0.1) is 0 Å². The smallest absolute Gasteiger partial charge is 0.306 e. The van der Waals surface area contributed by atoms with Gasteiger partial charge in [0.1, 0.15) is 13.2 Å². The predicted molar refractivity (Wildman–Crippen MR) is 325 cm³/mol. The molecule has 0 aliphatic rings. The van der Waals surface area contributed by atoms with E-state index in [1.165, 1.54) is 218 Å². The van der Waals surface area contributed by atoms with Gasteiger partial charge < -0.3 is 14.2 Å². The van der Waals surface area contributed by atoms with Gasteiger partial charge in [-0.25, -0.2) is 0 Å². The van der Waals surface area contributed by atoms with Gasteiger partial charge in [-0.15, -0.1) is 0 Å². The molecule has 1 unspecified atom stereocenters. The minimum Gasteiger partial charge on any atom is -0.462 e. The van der Waals surface area contributed by atoms with E-state index in [1.54, 1.807) is 0 Å². The van der Waals surface area contributed by atoms with Gasteiger partial charge in [0.25, 0.3) is 0 Å². The second kappa shape index (κ2) is 63.6. The molecular weight excluding hydrogens is 925 g/mol. The van der Waals surface area contributed by atoms with E-state index in [0.29, 0.717) is 19.3 Å². The van der Waals surface area contributed by atoms with Gasteiger partial charge in [0.15, 0.2) is 6.10 Å². The maximum atomic E-state index is 12.9. The van der Waals surface area contributed by atoms with Crippen molar-refractivity contribution in [1.82, 2.24) is 0 Å². The number of unbranched alkanes of at least 4 members (excludes halogenated alkanes) is 39. The van der Waals surface area contributed by atoms with E-state index in [1.807, 2.05) is 6.08 Å². The van der Waals surface area contributed by atoms with Gasteiger partial charge in [-0.1, -0.05) is 313 Å². The van der Waals surface area contributed by atoms with Gasteiger partial charge >= 0.3 is 17.9 Å². The lowest BCUT2D eigenvalue weighted by Crippen LogP contribution is -2.30. The first-order valence-corrected chi connectivity index (χ1v) is 32.8. The molecule has 0 amide bonds. The van der Waals surface area contributed by atoms with E-state index in [-0.39, 0.29) is 37.5 Å². The monoisotopic (exact) mass is 1050 g/mol. The van der Waals surface area contributed by atoms with Crippen molar-refractivity contribution < 1.29 is 28.6 Å². The van der Waals surface area contributed by atoms with Crippen molar-refractivity contribution in [3.8, 4) is 0 Å².